The lowest BCUT2D eigenvalue weighted by Crippen LogP contribution is -2.58. The van der Waals surface area contributed by atoms with Gasteiger partial charge in [0.1, 0.15) is 5.54 Å². The molecule has 8 heteroatoms. The highest BCUT2D eigenvalue weighted by Gasteiger charge is 2.44. The van der Waals surface area contributed by atoms with Crippen LogP contribution in [0.3, 0.4) is 0 Å². The second kappa shape index (κ2) is 6.46. The smallest absolute Gasteiger partial charge is 0.408 e. The summed E-state index contributed by atoms with van der Waals surface area (Å²) in [7, 11) is 0. The van der Waals surface area contributed by atoms with Crippen molar-refractivity contribution in [3.8, 4) is 0 Å². The monoisotopic (exact) mass is 336 g/mol. The van der Waals surface area contributed by atoms with Gasteiger partial charge in [0, 0.05) is 25.2 Å². The maximum Gasteiger partial charge on any atom is 0.408 e. The van der Waals surface area contributed by atoms with Crippen molar-refractivity contribution < 1.29 is 24.4 Å². The first-order valence-electron chi connectivity index (χ1n) is 7.56. The number of rotatable bonds is 5. The molecule has 1 amide bonds. The molecule has 0 radical (unpaired) electrons. The number of nitrogens with zero attached hydrogens (tertiary/aromatic N) is 1. The van der Waals surface area contributed by atoms with Crippen LogP contribution in [-0.2, 0) is 22.4 Å². The van der Waals surface area contributed by atoms with Crippen LogP contribution in [0.2, 0.25) is 0 Å². The number of nitrogens with one attached hydrogen (secondary N) is 1. The molecule has 2 N–H and O–H groups in total. The van der Waals surface area contributed by atoms with E-state index in [0.717, 1.165) is 11.1 Å². The van der Waals surface area contributed by atoms with Gasteiger partial charge in [-0.05, 0) is 24.0 Å². The summed E-state index contributed by atoms with van der Waals surface area (Å²) in [5, 5.41) is 22.8. The molecular weight excluding hydrogens is 316 g/mol. The third-order valence-corrected chi connectivity index (χ3v) is 4.23. The fraction of sp³-hybridized carbons (Fsp3) is 0.500. The Balaban J connectivity index is 2.09. The molecule has 8 nitrogen and oxygen atoms in total. The SMILES string of the molecule is CC(C)(COC(=O)NC1(C(=O)O)CCc2ccccc2C1)[N+](=O)[O-]. The number of carboxylic acids is 1. The fourth-order valence-electron chi connectivity index (χ4n) is 2.60. The molecule has 24 heavy (non-hydrogen) atoms. The van der Waals surface area contributed by atoms with E-state index in [1.807, 2.05) is 24.3 Å². The number of carbonyl (C=O) groups is 2. The fourth-order valence-corrected chi connectivity index (χ4v) is 2.60. The summed E-state index contributed by atoms with van der Waals surface area (Å²) < 4.78 is 4.88. The van der Waals surface area contributed by atoms with E-state index in [1.165, 1.54) is 13.8 Å². The number of nitro groups is 1. The number of ether oxygens (including phenoxy) is 1. The average molecular weight is 336 g/mol. The van der Waals surface area contributed by atoms with E-state index in [4.69, 9.17) is 4.74 Å². The van der Waals surface area contributed by atoms with Crippen LogP contribution in [0.15, 0.2) is 24.3 Å². The standard InChI is InChI=1S/C16H20N2O6/c1-15(2,18(22)23)10-24-14(21)17-16(13(19)20)8-7-11-5-3-4-6-12(11)9-16/h3-6H,7-10H2,1-2H3,(H,17,21)(H,19,20). The summed E-state index contributed by atoms with van der Waals surface area (Å²) in [5.74, 6) is -1.15. The molecule has 1 unspecified atom stereocenters. The third kappa shape index (κ3) is 3.64. The van der Waals surface area contributed by atoms with Crippen molar-refractivity contribution in [2.75, 3.05) is 6.61 Å². The summed E-state index contributed by atoms with van der Waals surface area (Å²) in [6, 6.07) is 7.46. The zero-order valence-corrected chi connectivity index (χ0v) is 13.6. The molecule has 0 fully saturated rings. The minimum Gasteiger partial charge on any atom is -0.479 e. The highest BCUT2D eigenvalue weighted by atomic mass is 16.6. The molecule has 1 aliphatic carbocycles. The van der Waals surface area contributed by atoms with E-state index >= 15 is 0 Å². The molecule has 0 spiro atoms. The summed E-state index contributed by atoms with van der Waals surface area (Å²) in [6.45, 7) is 2.20. The van der Waals surface area contributed by atoms with Crippen LogP contribution in [0.25, 0.3) is 0 Å². The third-order valence-electron chi connectivity index (χ3n) is 4.23. The van der Waals surface area contributed by atoms with Crippen LogP contribution >= 0.6 is 0 Å². The van der Waals surface area contributed by atoms with Crippen LogP contribution in [0.1, 0.15) is 31.4 Å². The number of amides is 1. The first kappa shape index (κ1) is 17.7. The van der Waals surface area contributed by atoms with Crippen molar-refractivity contribution in [1.82, 2.24) is 5.32 Å². The van der Waals surface area contributed by atoms with Gasteiger partial charge in [-0.1, -0.05) is 24.3 Å². The van der Waals surface area contributed by atoms with E-state index in [0.29, 0.717) is 6.42 Å². The lowest BCUT2D eigenvalue weighted by molar-refractivity contribution is -0.563. The number of hydrogen-bond donors (Lipinski definition) is 2. The van der Waals surface area contributed by atoms with Crippen molar-refractivity contribution in [1.29, 1.82) is 0 Å². The highest BCUT2D eigenvalue weighted by Crippen LogP contribution is 2.29. The molecule has 1 atom stereocenters. The zero-order valence-electron chi connectivity index (χ0n) is 13.6. The minimum absolute atomic E-state index is 0.145. The molecule has 130 valence electrons. The number of aryl methyl sites for hydroxylation is 1. The van der Waals surface area contributed by atoms with E-state index in [-0.39, 0.29) is 12.8 Å². The molecule has 0 saturated heterocycles. The van der Waals surface area contributed by atoms with Gasteiger partial charge >= 0.3 is 12.1 Å². The minimum atomic E-state index is -1.47. The van der Waals surface area contributed by atoms with Crippen molar-refractivity contribution >= 4 is 12.1 Å². The average Bonchev–Trinajstić information content (AvgIpc) is 2.52. The quantitative estimate of drug-likeness (QED) is 0.625. The van der Waals surface area contributed by atoms with Gasteiger partial charge in [0.05, 0.1) is 0 Å². The molecule has 0 bridgehead atoms. The first-order chi connectivity index (χ1) is 11.2. The molecule has 1 aliphatic rings. The van der Waals surface area contributed by atoms with Crippen molar-refractivity contribution in [3.05, 3.63) is 45.5 Å². The number of benzene rings is 1. The lowest BCUT2D eigenvalue weighted by atomic mass is 9.78. The summed E-state index contributed by atoms with van der Waals surface area (Å²) >= 11 is 0. The van der Waals surface area contributed by atoms with Gasteiger partial charge in [-0.2, -0.15) is 0 Å². The molecule has 0 saturated carbocycles. The number of carbonyl (C=O) groups excluding carboxylic acids is 1. The Kier molecular flexibility index (Phi) is 4.77. The number of hydrogen-bond acceptors (Lipinski definition) is 5. The van der Waals surface area contributed by atoms with Gasteiger partial charge in [-0.25, -0.2) is 9.59 Å². The molecule has 0 aliphatic heterocycles. The Bertz CT molecular complexity index is 672. The van der Waals surface area contributed by atoms with Crippen molar-refractivity contribution in [3.63, 3.8) is 0 Å². The Morgan fingerprint density at radius 3 is 2.58 bits per heavy atom. The van der Waals surface area contributed by atoms with Gasteiger partial charge in [-0.15, -0.1) is 0 Å². The molecule has 0 aromatic heterocycles. The number of aliphatic carboxylic acids is 1. The van der Waals surface area contributed by atoms with Crippen LogP contribution in [0.5, 0.6) is 0 Å². The van der Waals surface area contributed by atoms with Crippen LogP contribution in [-0.4, -0.2) is 39.8 Å². The topological polar surface area (TPSA) is 119 Å². The second-order valence-corrected chi connectivity index (χ2v) is 6.60. The lowest BCUT2D eigenvalue weighted by Gasteiger charge is -2.34. The molecule has 2 rings (SSSR count). The number of fused-ring (bicyclic) bond motifs is 1. The van der Waals surface area contributed by atoms with E-state index in [9.17, 15) is 24.8 Å². The largest absolute Gasteiger partial charge is 0.479 e. The van der Waals surface area contributed by atoms with Crippen LogP contribution in [0, 0.1) is 10.1 Å². The van der Waals surface area contributed by atoms with Crippen LogP contribution < -0.4 is 5.32 Å². The maximum absolute atomic E-state index is 12.0. The summed E-state index contributed by atoms with van der Waals surface area (Å²) in [5.41, 5.74) is -0.993. The second-order valence-electron chi connectivity index (χ2n) is 6.60. The molecule has 0 heterocycles. The zero-order chi connectivity index (χ0) is 18.0. The Morgan fingerprint density at radius 2 is 2.00 bits per heavy atom. The van der Waals surface area contributed by atoms with E-state index < -0.39 is 34.7 Å². The Labute approximate surface area is 139 Å². The molecular formula is C16H20N2O6. The van der Waals surface area contributed by atoms with E-state index in [2.05, 4.69) is 5.32 Å². The first-order valence-corrected chi connectivity index (χ1v) is 7.56. The highest BCUT2D eigenvalue weighted by molar-refractivity contribution is 5.85. The maximum atomic E-state index is 12.0. The van der Waals surface area contributed by atoms with Gasteiger partial charge < -0.3 is 15.2 Å². The summed E-state index contributed by atoms with van der Waals surface area (Å²) in [4.78, 5) is 34.0. The van der Waals surface area contributed by atoms with E-state index in [1.54, 1.807) is 0 Å². The van der Waals surface area contributed by atoms with Crippen LogP contribution in [0.4, 0.5) is 4.79 Å². The van der Waals surface area contributed by atoms with Gasteiger partial charge in [0.25, 0.3) is 0 Å². The van der Waals surface area contributed by atoms with Crippen molar-refractivity contribution in [2.24, 2.45) is 0 Å². The number of alkyl carbamates (subject to hydrolysis) is 1. The number of carboxylic acid groups (broad SMARTS) is 1. The molecule has 1 aromatic rings. The van der Waals surface area contributed by atoms with Crippen molar-refractivity contribution in [2.45, 2.75) is 44.2 Å². The predicted molar refractivity (Wildman–Crippen MR) is 84.4 cm³/mol. The summed E-state index contributed by atoms with van der Waals surface area (Å²) in [6.07, 6.45) is -0.0747. The Hall–Kier alpha value is -2.64. The normalized spacial score (nSPS) is 19.9. The van der Waals surface area contributed by atoms with Gasteiger partial charge in [-0.3, -0.25) is 10.1 Å². The molecule has 1 aromatic carbocycles. The Morgan fingerprint density at radius 1 is 1.38 bits per heavy atom. The van der Waals surface area contributed by atoms with Gasteiger partial charge in [0.15, 0.2) is 6.61 Å². The predicted octanol–water partition coefficient (Wildman–Crippen LogP) is 1.78. The van der Waals surface area contributed by atoms with Gasteiger partial charge in [0.2, 0.25) is 5.54 Å².